The third kappa shape index (κ3) is 5.71. The van der Waals surface area contributed by atoms with E-state index in [1.807, 2.05) is 20.8 Å². The molecular weight excluding hydrogens is 348 g/mol. The molecule has 0 fully saturated rings. The van der Waals surface area contributed by atoms with E-state index in [1.165, 1.54) is 26.3 Å². The van der Waals surface area contributed by atoms with Crippen molar-refractivity contribution in [1.29, 1.82) is 0 Å². The number of esters is 1. The molecule has 0 heterocycles. The van der Waals surface area contributed by atoms with Gasteiger partial charge in [-0.2, -0.15) is 0 Å². The summed E-state index contributed by atoms with van der Waals surface area (Å²) in [4.78, 5) is 23.6. The lowest BCUT2D eigenvalue weighted by Crippen LogP contribution is -2.38. The second kappa shape index (κ2) is 8.82. The summed E-state index contributed by atoms with van der Waals surface area (Å²) in [5.74, 6) is -0.890. The lowest BCUT2D eigenvalue weighted by molar-refractivity contribution is -0.125. The van der Waals surface area contributed by atoms with Gasteiger partial charge < -0.3 is 14.8 Å². The van der Waals surface area contributed by atoms with Gasteiger partial charge in [-0.1, -0.05) is 13.8 Å². The molecule has 0 aliphatic carbocycles. The fourth-order valence-corrected chi connectivity index (χ4v) is 2.72. The number of rotatable bonds is 8. The summed E-state index contributed by atoms with van der Waals surface area (Å²) in [6, 6.07) is 3.80. The number of sulfonamides is 1. The number of hydrogen-bond acceptors (Lipinski definition) is 6. The minimum atomic E-state index is -3.82. The molecule has 1 unspecified atom stereocenters. The number of hydrogen-bond donors (Lipinski definition) is 2. The molecule has 1 aromatic rings. The maximum atomic E-state index is 12.1. The van der Waals surface area contributed by atoms with E-state index in [4.69, 9.17) is 9.47 Å². The second-order valence-electron chi connectivity index (χ2n) is 5.75. The molecule has 1 amide bonds. The molecule has 0 aliphatic heterocycles. The van der Waals surface area contributed by atoms with E-state index in [0.717, 1.165) is 6.07 Å². The highest BCUT2D eigenvalue weighted by molar-refractivity contribution is 7.89. The molecule has 9 heteroatoms. The van der Waals surface area contributed by atoms with Crippen LogP contribution in [0, 0.1) is 5.92 Å². The Morgan fingerprint density at radius 1 is 1.20 bits per heavy atom. The first-order valence-corrected chi connectivity index (χ1v) is 9.18. The Bertz CT molecular complexity index is 730. The van der Waals surface area contributed by atoms with Gasteiger partial charge in [-0.05, 0) is 38.1 Å². The van der Waals surface area contributed by atoms with Gasteiger partial charge in [0.1, 0.15) is 10.6 Å². The highest BCUT2D eigenvalue weighted by Crippen LogP contribution is 2.24. The lowest BCUT2D eigenvalue weighted by atomic mass is 10.1. The van der Waals surface area contributed by atoms with Crippen molar-refractivity contribution in [2.24, 2.45) is 5.92 Å². The number of benzene rings is 1. The minimum absolute atomic E-state index is 0.000618. The first kappa shape index (κ1) is 20.9. The monoisotopic (exact) mass is 372 g/mol. The molecule has 1 aromatic carbocycles. The van der Waals surface area contributed by atoms with Gasteiger partial charge in [0.05, 0.1) is 12.7 Å². The van der Waals surface area contributed by atoms with Gasteiger partial charge in [-0.15, -0.1) is 0 Å². The van der Waals surface area contributed by atoms with Gasteiger partial charge in [0.25, 0.3) is 5.91 Å². The molecular formula is C16H24N2O6S. The standard InChI is InChI=1S/C16H24N2O6S/c1-10(2)11(3)18-15(19)9-24-16(20)12-6-7-13(23-5)14(8-12)25(21,22)17-4/h6-8,10-11,17H,9H2,1-5H3,(H,18,19). The van der Waals surface area contributed by atoms with Crippen LogP contribution in [-0.4, -0.2) is 47.1 Å². The zero-order chi connectivity index (χ0) is 19.2. The minimum Gasteiger partial charge on any atom is -0.495 e. The molecule has 0 aromatic heterocycles. The Balaban J connectivity index is 2.86. The van der Waals surface area contributed by atoms with E-state index in [1.54, 1.807) is 0 Å². The Morgan fingerprint density at radius 2 is 1.84 bits per heavy atom. The fraction of sp³-hybridized carbons (Fsp3) is 0.500. The summed E-state index contributed by atoms with van der Waals surface area (Å²) in [6.45, 7) is 5.31. The third-order valence-corrected chi connectivity index (χ3v) is 5.12. The number of ether oxygens (including phenoxy) is 2. The number of nitrogens with one attached hydrogen (secondary N) is 2. The van der Waals surface area contributed by atoms with Gasteiger partial charge >= 0.3 is 5.97 Å². The first-order valence-electron chi connectivity index (χ1n) is 7.70. The molecule has 1 rings (SSSR count). The number of methoxy groups -OCH3 is 1. The zero-order valence-electron chi connectivity index (χ0n) is 15.0. The fourth-order valence-electron chi connectivity index (χ4n) is 1.80. The van der Waals surface area contributed by atoms with Gasteiger partial charge in [0.2, 0.25) is 10.0 Å². The highest BCUT2D eigenvalue weighted by atomic mass is 32.2. The summed E-state index contributed by atoms with van der Waals surface area (Å²) in [6.07, 6.45) is 0. The van der Waals surface area contributed by atoms with Crippen LogP contribution in [0.3, 0.4) is 0 Å². The van der Waals surface area contributed by atoms with Crippen LogP contribution in [0.4, 0.5) is 0 Å². The van der Waals surface area contributed by atoms with Crippen molar-refractivity contribution >= 4 is 21.9 Å². The van der Waals surface area contributed by atoms with Crippen LogP contribution in [0.25, 0.3) is 0 Å². The van der Waals surface area contributed by atoms with Crippen molar-refractivity contribution in [3.05, 3.63) is 23.8 Å². The van der Waals surface area contributed by atoms with E-state index in [0.29, 0.717) is 0 Å². The third-order valence-electron chi connectivity index (χ3n) is 3.68. The molecule has 0 saturated heterocycles. The van der Waals surface area contributed by atoms with Gasteiger partial charge in [0, 0.05) is 6.04 Å². The summed E-state index contributed by atoms with van der Waals surface area (Å²) in [5.41, 5.74) is -0.000618. The maximum absolute atomic E-state index is 12.1. The average Bonchev–Trinajstić information content (AvgIpc) is 2.58. The quantitative estimate of drug-likeness (QED) is 0.657. The van der Waals surface area contributed by atoms with Crippen LogP contribution in [0.5, 0.6) is 5.75 Å². The summed E-state index contributed by atoms with van der Waals surface area (Å²) >= 11 is 0. The van der Waals surface area contributed by atoms with Gasteiger partial charge in [-0.25, -0.2) is 17.9 Å². The first-order chi connectivity index (χ1) is 11.6. The van der Waals surface area contributed by atoms with E-state index in [-0.39, 0.29) is 28.2 Å². The number of amides is 1. The number of carbonyl (C=O) groups is 2. The van der Waals surface area contributed by atoms with Crippen LogP contribution in [0.1, 0.15) is 31.1 Å². The van der Waals surface area contributed by atoms with Gasteiger partial charge in [0.15, 0.2) is 6.61 Å². The van der Waals surface area contributed by atoms with Crippen LogP contribution >= 0.6 is 0 Å². The largest absolute Gasteiger partial charge is 0.495 e. The van der Waals surface area contributed by atoms with Crippen molar-refractivity contribution in [3.8, 4) is 5.75 Å². The van der Waals surface area contributed by atoms with Crippen LogP contribution < -0.4 is 14.8 Å². The predicted octanol–water partition coefficient (Wildman–Crippen LogP) is 0.921. The summed E-state index contributed by atoms with van der Waals surface area (Å²) < 4.78 is 36.1. The molecule has 25 heavy (non-hydrogen) atoms. The smallest absolute Gasteiger partial charge is 0.338 e. The van der Waals surface area contributed by atoms with Crippen molar-refractivity contribution in [2.45, 2.75) is 31.7 Å². The SMILES string of the molecule is CNS(=O)(=O)c1cc(C(=O)OCC(=O)NC(C)C(C)C)ccc1OC. The molecule has 0 radical (unpaired) electrons. The summed E-state index contributed by atoms with van der Waals surface area (Å²) in [7, 11) is -1.24. The van der Waals surface area contributed by atoms with Crippen LogP contribution in [-0.2, 0) is 19.6 Å². The van der Waals surface area contributed by atoms with Crippen LogP contribution in [0.2, 0.25) is 0 Å². The predicted molar refractivity (Wildman–Crippen MR) is 92.0 cm³/mol. The van der Waals surface area contributed by atoms with Crippen molar-refractivity contribution < 1.29 is 27.5 Å². The van der Waals surface area contributed by atoms with E-state index in [9.17, 15) is 18.0 Å². The van der Waals surface area contributed by atoms with Crippen molar-refractivity contribution in [1.82, 2.24) is 10.0 Å². The number of carbonyl (C=O) groups excluding carboxylic acids is 2. The van der Waals surface area contributed by atoms with Crippen molar-refractivity contribution in [3.63, 3.8) is 0 Å². The molecule has 0 aliphatic rings. The Morgan fingerprint density at radius 3 is 2.36 bits per heavy atom. The summed E-state index contributed by atoms with van der Waals surface area (Å²) in [5, 5.41) is 2.71. The highest BCUT2D eigenvalue weighted by Gasteiger charge is 2.21. The van der Waals surface area contributed by atoms with E-state index < -0.39 is 28.5 Å². The maximum Gasteiger partial charge on any atom is 0.338 e. The van der Waals surface area contributed by atoms with Crippen molar-refractivity contribution in [2.75, 3.05) is 20.8 Å². The Hall–Kier alpha value is -2.13. The second-order valence-corrected chi connectivity index (χ2v) is 7.60. The average molecular weight is 372 g/mol. The lowest BCUT2D eigenvalue weighted by Gasteiger charge is -2.17. The van der Waals surface area contributed by atoms with E-state index in [2.05, 4.69) is 10.0 Å². The normalized spacial score (nSPS) is 12.6. The molecule has 140 valence electrons. The Labute approximate surface area is 147 Å². The topological polar surface area (TPSA) is 111 Å². The zero-order valence-corrected chi connectivity index (χ0v) is 15.8. The molecule has 1 atom stereocenters. The molecule has 0 bridgehead atoms. The van der Waals surface area contributed by atoms with Crippen LogP contribution in [0.15, 0.2) is 23.1 Å². The molecule has 0 saturated carbocycles. The molecule has 0 spiro atoms. The van der Waals surface area contributed by atoms with E-state index >= 15 is 0 Å². The Kier molecular flexibility index (Phi) is 7.38. The molecule has 8 nitrogen and oxygen atoms in total. The molecule has 2 N–H and O–H groups in total. The van der Waals surface area contributed by atoms with Gasteiger partial charge in [-0.3, -0.25) is 4.79 Å².